The van der Waals surface area contributed by atoms with Gasteiger partial charge in [-0.2, -0.15) is 18.3 Å². The van der Waals surface area contributed by atoms with Gasteiger partial charge in [-0.05, 0) is 43.0 Å². The van der Waals surface area contributed by atoms with E-state index in [4.69, 9.17) is 5.11 Å². The van der Waals surface area contributed by atoms with Crippen molar-refractivity contribution in [2.75, 3.05) is 6.54 Å². The minimum absolute atomic E-state index is 0.0173. The largest absolute Gasteiger partial charge is 0.478 e. The molecule has 1 fully saturated rings. The number of benzene rings is 1. The molecule has 28 heavy (non-hydrogen) atoms. The van der Waals surface area contributed by atoms with Crippen molar-refractivity contribution in [3.63, 3.8) is 0 Å². The topological polar surface area (TPSA) is 84.2 Å². The van der Waals surface area contributed by atoms with Crippen LogP contribution in [0.5, 0.6) is 0 Å². The highest BCUT2D eigenvalue weighted by Gasteiger charge is 2.40. The summed E-state index contributed by atoms with van der Waals surface area (Å²) in [6.45, 7) is 0.583. The van der Waals surface area contributed by atoms with Crippen molar-refractivity contribution in [3.05, 3.63) is 47.3 Å². The Morgan fingerprint density at radius 1 is 1.14 bits per heavy atom. The molecule has 2 aromatic rings. The van der Waals surface area contributed by atoms with Crippen LogP contribution in [0.1, 0.15) is 58.5 Å². The summed E-state index contributed by atoms with van der Waals surface area (Å²) in [6, 6.07) is 5.41. The molecule has 1 aromatic heterocycles. The zero-order valence-electron chi connectivity index (χ0n) is 15.0. The molecule has 0 spiro atoms. The lowest BCUT2D eigenvalue weighted by atomic mass is 9.89. The third kappa shape index (κ3) is 4.35. The van der Waals surface area contributed by atoms with E-state index < -0.39 is 23.4 Å². The third-order valence-electron chi connectivity index (χ3n) is 4.92. The highest BCUT2D eigenvalue weighted by molar-refractivity contribution is 5.94. The van der Waals surface area contributed by atoms with Gasteiger partial charge in [0.2, 0.25) is 0 Å². The molecule has 0 atom stereocenters. The summed E-state index contributed by atoms with van der Waals surface area (Å²) in [5.41, 5.74) is -1.96. The number of nitrogens with zero attached hydrogens (tertiary/aromatic N) is 2. The lowest BCUT2D eigenvalue weighted by molar-refractivity contribution is -0.143. The van der Waals surface area contributed by atoms with E-state index in [9.17, 15) is 22.8 Å². The van der Waals surface area contributed by atoms with Gasteiger partial charge in [-0.25, -0.2) is 9.48 Å². The minimum Gasteiger partial charge on any atom is -0.478 e. The molecule has 1 aliphatic carbocycles. The first-order chi connectivity index (χ1) is 13.3. The molecule has 1 saturated carbocycles. The highest BCUT2D eigenvalue weighted by Crippen LogP contribution is 2.33. The van der Waals surface area contributed by atoms with Gasteiger partial charge in [0.05, 0.1) is 11.9 Å². The lowest BCUT2D eigenvalue weighted by Gasteiger charge is -2.21. The summed E-state index contributed by atoms with van der Waals surface area (Å²) in [5.74, 6) is -1.54. The summed E-state index contributed by atoms with van der Waals surface area (Å²) in [4.78, 5) is 23.3. The van der Waals surface area contributed by atoms with Gasteiger partial charge in [0.15, 0.2) is 5.69 Å². The van der Waals surface area contributed by atoms with Crippen molar-refractivity contribution in [1.29, 1.82) is 0 Å². The Morgan fingerprint density at radius 3 is 2.36 bits per heavy atom. The van der Waals surface area contributed by atoms with Crippen molar-refractivity contribution < 1.29 is 27.9 Å². The van der Waals surface area contributed by atoms with Gasteiger partial charge < -0.3 is 10.4 Å². The van der Waals surface area contributed by atoms with Gasteiger partial charge in [-0.15, -0.1) is 0 Å². The van der Waals surface area contributed by atoms with Crippen LogP contribution >= 0.6 is 0 Å². The fourth-order valence-electron chi connectivity index (χ4n) is 3.46. The first kappa shape index (κ1) is 19.9. The summed E-state index contributed by atoms with van der Waals surface area (Å²) < 4.78 is 40.4. The second kappa shape index (κ2) is 8.04. The maximum atomic E-state index is 13.3. The Morgan fingerprint density at radius 2 is 1.79 bits per heavy atom. The molecule has 0 saturated heterocycles. The summed E-state index contributed by atoms with van der Waals surface area (Å²) in [7, 11) is 0. The normalized spacial score (nSPS) is 15.4. The number of carboxylic acid groups (broad SMARTS) is 1. The number of alkyl halides is 3. The number of aromatic carboxylic acids is 1. The number of carbonyl (C=O) groups is 2. The Kier molecular flexibility index (Phi) is 5.71. The SMILES string of the molecule is O=C(NCC1CCCCC1)c1ccc(-n2ncc(C(=O)O)c2C(F)(F)F)cc1. The maximum absolute atomic E-state index is 13.3. The van der Waals surface area contributed by atoms with Crippen LogP contribution in [0.2, 0.25) is 0 Å². The standard InChI is InChI=1S/C19H20F3N3O3/c20-19(21,22)16-15(18(27)28)11-24-25(16)14-8-6-13(7-9-14)17(26)23-10-12-4-2-1-3-5-12/h6-9,11-12H,1-5,10H2,(H,23,26)(H,27,28). The van der Waals surface area contributed by atoms with Gasteiger partial charge in [0.1, 0.15) is 5.56 Å². The van der Waals surface area contributed by atoms with Crippen LogP contribution in [-0.4, -0.2) is 33.3 Å². The van der Waals surface area contributed by atoms with Gasteiger partial charge in [0.25, 0.3) is 5.91 Å². The molecule has 2 N–H and O–H groups in total. The number of carboxylic acids is 1. The molecule has 6 nitrogen and oxygen atoms in total. The summed E-state index contributed by atoms with van der Waals surface area (Å²) >= 11 is 0. The minimum atomic E-state index is -4.89. The molecule has 1 amide bonds. The molecular weight excluding hydrogens is 375 g/mol. The zero-order chi connectivity index (χ0) is 20.3. The van der Waals surface area contributed by atoms with E-state index >= 15 is 0 Å². The van der Waals surface area contributed by atoms with E-state index in [0.717, 1.165) is 12.8 Å². The molecular formula is C19H20F3N3O3. The summed E-state index contributed by atoms with van der Waals surface area (Å²) in [6.07, 6.45) is 1.51. The molecule has 9 heteroatoms. The van der Waals surface area contributed by atoms with Gasteiger partial charge in [-0.3, -0.25) is 4.79 Å². The van der Waals surface area contributed by atoms with Crippen molar-refractivity contribution in [2.24, 2.45) is 5.92 Å². The Bertz CT molecular complexity index is 854. The number of aromatic nitrogens is 2. The first-order valence-electron chi connectivity index (χ1n) is 9.04. The van der Waals surface area contributed by atoms with Crippen molar-refractivity contribution in [2.45, 2.75) is 38.3 Å². The molecule has 1 aliphatic rings. The first-order valence-corrected chi connectivity index (χ1v) is 9.04. The fraction of sp³-hybridized carbons (Fsp3) is 0.421. The van der Waals surface area contributed by atoms with E-state index in [0.29, 0.717) is 28.9 Å². The van der Waals surface area contributed by atoms with Gasteiger partial charge >= 0.3 is 12.1 Å². The van der Waals surface area contributed by atoms with Crippen LogP contribution in [0.4, 0.5) is 13.2 Å². The Hall–Kier alpha value is -2.84. The van der Waals surface area contributed by atoms with Gasteiger partial charge in [-0.1, -0.05) is 19.3 Å². The van der Waals surface area contributed by atoms with Crippen molar-refractivity contribution >= 4 is 11.9 Å². The van der Waals surface area contributed by atoms with Crippen LogP contribution in [0, 0.1) is 5.92 Å². The maximum Gasteiger partial charge on any atom is 0.434 e. The van der Waals surface area contributed by atoms with Gasteiger partial charge in [0, 0.05) is 12.1 Å². The second-order valence-electron chi connectivity index (χ2n) is 6.88. The zero-order valence-corrected chi connectivity index (χ0v) is 15.0. The summed E-state index contributed by atoms with van der Waals surface area (Å²) in [5, 5.41) is 15.4. The quantitative estimate of drug-likeness (QED) is 0.804. The number of nitrogens with one attached hydrogen (secondary N) is 1. The van der Waals surface area contributed by atoms with Crippen molar-refractivity contribution in [3.8, 4) is 5.69 Å². The van der Waals surface area contributed by atoms with Crippen LogP contribution in [0.3, 0.4) is 0 Å². The average molecular weight is 395 g/mol. The molecule has 150 valence electrons. The van der Waals surface area contributed by atoms with E-state index in [1.54, 1.807) is 0 Å². The van der Waals surface area contributed by atoms with E-state index in [2.05, 4.69) is 10.4 Å². The van der Waals surface area contributed by atoms with Crippen LogP contribution in [-0.2, 0) is 6.18 Å². The molecule has 1 heterocycles. The smallest absolute Gasteiger partial charge is 0.434 e. The number of carbonyl (C=O) groups excluding carboxylic acids is 1. The molecule has 1 aromatic carbocycles. The predicted octanol–water partition coefficient (Wildman–Crippen LogP) is 3.90. The molecule has 0 bridgehead atoms. The number of amides is 1. The Balaban J connectivity index is 1.75. The second-order valence-corrected chi connectivity index (χ2v) is 6.88. The molecule has 0 radical (unpaired) electrons. The molecule has 3 rings (SSSR count). The van der Waals surface area contributed by atoms with Crippen LogP contribution < -0.4 is 5.32 Å². The average Bonchev–Trinajstić information content (AvgIpc) is 3.13. The van der Waals surface area contributed by atoms with E-state index in [-0.39, 0.29) is 11.6 Å². The van der Waals surface area contributed by atoms with E-state index in [1.165, 1.54) is 43.5 Å². The van der Waals surface area contributed by atoms with Crippen LogP contribution in [0.25, 0.3) is 5.69 Å². The fourth-order valence-corrected chi connectivity index (χ4v) is 3.46. The monoisotopic (exact) mass is 395 g/mol. The lowest BCUT2D eigenvalue weighted by Crippen LogP contribution is -2.30. The molecule has 0 unspecified atom stereocenters. The van der Waals surface area contributed by atoms with Crippen molar-refractivity contribution in [1.82, 2.24) is 15.1 Å². The van der Waals surface area contributed by atoms with Crippen LogP contribution in [0.15, 0.2) is 30.5 Å². The van der Waals surface area contributed by atoms with E-state index in [1.807, 2.05) is 0 Å². The third-order valence-corrected chi connectivity index (χ3v) is 4.92. The number of hydrogen-bond acceptors (Lipinski definition) is 3. The number of rotatable bonds is 5. The Labute approximate surface area is 159 Å². The predicted molar refractivity (Wildman–Crippen MR) is 94.4 cm³/mol. The highest BCUT2D eigenvalue weighted by atomic mass is 19.4. The molecule has 0 aliphatic heterocycles. The number of halogens is 3. The number of hydrogen-bond donors (Lipinski definition) is 2.